The topological polar surface area (TPSA) is 75.0 Å². The maximum Gasteiger partial charge on any atom is 0.236 e. The average molecular weight is 401 g/mol. The molecule has 29 heavy (non-hydrogen) atoms. The number of carbonyl (C=O) groups excluding carboxylic acids is 1. The lowest BCUT2D eigenvalue weighted by Gasteiger charge is -2.37. The Bertz CT molecular complexity index is 776. The molecular weight excluding hydrogens is 371 g/mol. The first-order valence-electron chi connectivity index (χ1n) is 10.2. The predicted molar refractivity (Wildman–Crippen MR) is 110 cm³/mol. The average Bonchev–Trinajstić information content (AvgIpc) is 2.77. The quantitative estimate of drug-likeness (QED) is 0.611. The summed E-state index contributed by atoms with van der Waals surface area (Å²) in [6, 6.07) is 6.37. The third-order valence-electron chi connectivity index (χ3n) is 5.56. The van der Waals surface area contributed by atoms with Crippen molar-refractivity contribution in [1.29, 1.82) is 5.26 Å². The van der Waals surface area contributed by atoms with Crippen molar-refractivity contribution >= 4 is 11.9 Å². The van der Waals surface area contributed by atoms with Gasteiger partial charge in [0.1, 0.15) is 5.82 Å². The van der Waals surface area contributed by atoms with Gasteiger partial charge >= 0.3 is 0 Å². The zero-order valence-corrected chi connectivity index (χ0v) is 17.0. The number of guanidine groups is 1. The van der Waals surface area contributed by atoms with Gasteiger partial charge in [0, 0.05) is 58.4 Å². The van der Waals surface area contributed by atoms with E-state index < -0.39 is 0 Å². The fourth-order valence-electron chi connectivity index (χ4n) is 3.84. The van der Waals surface area contributed by atoms with Crippen LogP contribution in [0, 0.1) is 17.1 Å². The van der Waals surface area contributed by atoms with Crippen molar-refractivity contribution in [2.75, 3.05) is 52.9 Å². The number of rotatable bonds is 4. The summed E-state index contributed by atoms with van der Waals surface area (Å²) in [7, 11) is 1.71. The largest absolute Gasteiger partial charge is 0.352 e. The molecule has 1 amide bonds. The Balaban J connectivity index is 1.47. The van der Waals surface area contributed by atoms with Crippen LogP contribution in [0.5, 0.6) is 0 Å². The number of carbonyl (C=O) groups is 1. The molecule has 156 valence electrons. The highest BCUT2D eigenvalue weighted by atomic mass is 19.1. The normalized spacial score (nSPS) is 18.4. The molecule has 0 atom stereocenters. The summed E-state index contributed by atoms with van der Waals surface area (Å²) in [5.74, 6) is 0.593. The molecule has 1 aromatic carbocycles. The van der Waals surface area contributed by atoms with E-state index in [1.807, 2.05) is 11.0 Å². The van der Waals surface area contributed by atoms with Crippen LogP contribution >= 0.6 is 0 Å². The molecule has 0 spiro atoms. The zero-order chi connectivity index (χ0) is 20.6. The lowest BCUT2D eigenvalue weighted by atomic mass is 10.1. The van der Waals surface area contributed by atoms with Crippen LogP contribution in [0.15, 0.2) is 23.2 Å². The molecule has 0 aromatic heterocycles. The van der Waals surface area contributed by atoms with Gasteiger partial charge in [-0.05, 0) is 37.5 Å². The number of piperazine rings is 1. The number of aliphatic imine (C=N–C) groups is 1. The van der Waals surface area contributed by atoms with Gasteiger partial charge in [0.25, 0.3) is 0 Å². The van der Waals surface area contributed by atoms with Crippen LogP contribution in [0.3, 0.4) is 0 Å². The molecule has 0 unspecified atom stereocenters. The molecule has 2 heterocycles. The zero-order valence-electron chi connectivity index (χ0n) is 17.0. The van der Waals surface area contributed by atoms with Crippen LogP contribution in [-0.4, -0.2) is 79.4 Å². The minimum absolute atomic E-state index is 0.230. The van der Waals surface area contributed by atoms with E-state index >= 15 is 0 Å². The van der Waals surface area contributed by atoms with Gasteiger partial charge in [-0.25, -0.2) is 4.39 Å². The molecule has 0 saturated carbocycles. The van der Waals surface area contributed by atoms with Crippen LogP contribution in [-0.2, 0) is 11.3 Å². The monoisotopic (exact) mass is 400 g/mol. The van der Waals surface area contributed by atoms with Crippen LogP contribution in [0.4, 0.5) is 4.39 Å². The Morgan fingerprint density at radius 2 is 1.86 bits per heavy atom. The summed E-state index contributed by atoms with van der Waals surface area (Å²) in [4.78, 5) is 23.1. The molecule has 2 fully saturated rings. The Labute approximate surface area is 171 Å². The second-order valence-electron chi connectivity index (χ2n) is 7.52. The number of hydrogen-bond acceptors (Lipinski definition) is 4. The number of piperidine rings is 1. The van der Waals surface area contributed by atoms with Crippen molar-refractivity contribution in [3.05, 3.63) is 35.1 Å². The van der Waals surface area contributed by atoms with Crippen LogP contribution in [0.25, 0.3) is 0 Å². The first-order chi connectivity index (χ1) is 14.1. The molecule has 0 aliphatic carbocycles. The second kappa shape index (κ2) is 10.2. The molecule has 8 heteroatoms. The summed E-state index contributed by atoms with van der Waals surface area (Å²) in [5, 5.41) is 12.2. The minimum atomic E-state index is -0.340. The fraction of sp³-hybridized carbons (Fsp3) is 0.571. The van der Waals surface area contributed by atoms with Crippen molar-refractivity contribution in [1.82, 2.24) is 20.0 Å². The summed E-state index contributed by atoms with van der Waals surface area (Å²) >= 11 is 0. The summed E-state index contributed by atoms with van der Waals surface area (Å²) in [6.45, 7) is 5.62. The van der Waals surface area contributed by atoms with Crippen LogP contribution < -0.4 is 5.32 Å². The highest BCUT2D eigenvalue weighted by Crippen LogP contribution is 2.12. The van der Waals surface area contributed by atoms with E-state index in [9.17, 15) is 9.18 Å². The maximum absolute atomic E-state index is 14.0. The highest BCUT2D eigenvalue weighted by molar-refractivity contribution is 5.80. The van der Waals surface area contributed by atoms with Gasteiger partial charge in [0.2, 0.25) is 5.91 Å². The van der Waals surface area contributed by atoms with E-state index in [0.717, 1.165) is 52.1 Å². The fourth-order valence-corrected chi connectivity index (χ4v) is 3.84. The molecule has 2 saturated heterocycles. The standard InChI is InChI=1S/C21H29FN6O/c1-24-21(25-15-18-13-17(14-23)5-6-19(18)22)28-11-9-26(10-12-28)16-20(29)27-7-3-2-4-8-27/h5-6,13H,2-4,7-12,15-16H2,1H3,(H,24,25). The van der Waals surface area contributed by atoms with E-state index in [0.29, 0.717) is 23.6 Å². The lowest BCUT2D eigenvalue weighted by molar-refractivity contribution is -0.133. The number of benzene rings is 1. The molecule has 2 aliphatic rings. The number of likely N-dealkylation sites (tertiary alicyclic amines) is 1. The van der Waals surface area contributed by atoms with Gasteiger partial charge in [-0.3, -0.25) is 14.7 Å². The number of nitrogens with one attached hydrogen (secondary N) is 1. The Morgan fingerprint density at radius 3 is 2.52 bits per heavy atom. The van der Waals surface area contributed by atoms with E-state index in [-0.39, 0.29) is 18.3 Å². The Hall–Kier alpha value is -2.66. The third-order valence-corrected chi connectivity index (χ3v) is 5.56. The van der Waals surface area contributed by atoms with Gasteiger partial charge < -0.3 is 15.1 Å². The summed E-state index contributed by atoms with van der Waals surface area (Å²) in [6.07, 6.45) is 3.44. The number of amides is 1. The lowest BCUT2D eigenvalue weighted by Crippen LogP contribution is -2.54. The first kappa shape index (κ1) is 21.1. The number of nitriles is 1. The number of halogens is 1. The number of hydrogen-bond donors (Lipinski definition) is 1. The SMILES string of the molecule is CN=C(NCc1cc(C#N)ccc1F)N1CCN(CC(=O)N2CCCCC2)CC1. The van der Waals surface area contributed by atoms with Crippen LogP contribution in [0.2, 0.25) is 0 Å². The molecule has 0 radical (unpaired) electrons. The molecule has 7 nitrogen and oxygen atoms in total. The molecular formula is C21H29FN6O. The highest BCUT2D eigenvalue weighted by Gasteiger charge is 2.24. The van der Waals surface area contributed by atoms with Crippen molar-refractivity contribution in [3.8, 4) is 6.07 Å². The van der Waals surface area contributed by atoms with Gasteiger partial charge in [-0.15, -0.1) is 0 Å². The van der Waals surface area contributed by atoms with Gasteiger partial charge in [0.15, 0.2) is 5.96 Å². The van der Waals surface area contributed by atoms with Gasteiger partial charge in [-0.1, -0.05) is 0 Å². The summed E-state index contributed by atoms with van der Waals surface area (Å²) < 4.78 is 14.0. The van der Waals surface area contributed by atoms with Crippen molar-refractivity contribution in [2.45, 2.75) is 25.8 Å². The maximum atomic E-state index is 14.0. The van der Waals surface area contributed by atoms with Crippen molar-refractivity contribution in [2.24, 2.45) is 4.99 Å². The van der Waals surface area contributed by atoms with Crippen molar-refractivity contribution in [3.63, 3.8) is 0 Å². The van der Waals surface area contributed by atoms with Crippen LogP contribution in [0.1, 0.15) is 30.4 Å². The van der Waals surface area contributed by atoms with Gasteiger partial charge in [0.05, 0.1) is 18.2 Å². The molecule has 1 aromatic rings. The molecule has 0 bridgehead atoms. The predicted octanol–water partition coefficient (Wildman–Crippen LogP) is 1.40. The first-order valence-corrected chi connectivity index (χ1v) is 10.2. The molecule has 1 N–H and O–H groups in total. The number of nitrogens with zero attached hydrogens (tertiary/aromatic N) is 5. The van der Waals surface area contributed by atoms with E-state index in [1.165, 1.54) is 18.6 Å². The molecule has 2 aliphatic heterocycles. The van der Waals surface area contributed by atoms with Crippen molar-refractivity contribution < 1.29 is 9.18 Å². The van der Waals surface area contributed by atoms with E-state index in [2.05, 4.69) is 20.1 Å². The smallest absolute Gasteiger partial charge is 0.236 e. The second-order valence-corrected chi connectivity index (χ2v) is 7.52. The Kier molecular flexibility index (Phi) is 7.42. The Morgan fingerprint density at radius 1 is 1.14 bits per heavy atom. The third kappa shape index (κ3) is 5.67. The van der Waals surface area contributed by atoms with E-state index in [1.54, 1.807) is 13.1 Å². The minimum Gasteiger partial charge on any atom is -0.352 e. The summed E-state index contributed by atoms with van der Waals surface area (Å²) in [5.41, 5.74) is 0.876. The molecule has 3 rings (SSSR count). The van der Waals surface area contributed by atoms with Gasteiger partial charge in [-0.2, -0.15) is 5.26 Å². The van der Waals surface area contributed by atoms with E-state index in [4.69, 9.17) is 5.26 Å².